The van der Waals surface area contributed by atoms with Crippen LogP contribution >= 0.6 is 0 Å². The Hall–Kier alpha value is -1.11. The average Bonchev–Trinajstić information content (AvgIpc) is 2.63. The molecule has 1 aromatic heterocycles. The van der Waals surface area contributed by atoms with E-state index in [1.54, 1.807) is 6.92 Å². The summed E-state index contributed by atoms with van der Waals surface area (Å²) in [5.41, 5.74) is 5.72. The van der Waals surface area contributed by atoms with E-state index in [1.165, 1.54) is 0 Å². The minimum atomic E-state index is -4.20. The van der Waals surface area contributed by atoms with E-state index in [4.69, 9.17) is 10.3 Å². The Bertz CT molecular complexity index is 349. The summed E-state index contributed by atoms with van der Waals surface area (Å²) in [7, 11) is 0. The summed E-state index contributed by atoms with van der Waals surface area (Å²) in [6, 6.07) is -0.170. The van der Waals surface area contributed by atoms with Gasteiger partial charge in [0, 0.05) is 12.5 Å². The molecule has 0 aromatic carbocycles. The van der Waals surface area contributed by atoms with Crippen molar-refractivity contribution in [2.24, 2.45) is 5.73 Å². The van der Waals surface area contributed by atoms with Crippen LogP contribution in [0.4, 0.5) is 13.2 Å². The molecule has 98 valence electrons. The lowest BCUT2D eigenvalue weighted by Crippen LogP contribution is -2.24. The maximum absolute atomic E-state index is 12.0. The highest BCUT2D eigenvalue weighted by atomic mass is 19.4. The zero-order valence-electron chi connectivity index (χ0n) is 9.79. The molecule has 2 atom stereocenters. The van der Waals surface area contributed by atoms with Gasteiger partial charge in [-0.3, -0.25) is 0 Å². The van der Waals surface area contributed by atoms with E-state index >= 15 is 0 Å². The first-order chi connectivity index (χ1) is 7.83. The van der Waals surface area contributed by atoms with Gasteiger partial charge in [0.25, 0.3) is 0 Å². The summed E-state index contributed by atoms with van der Waals surface area (Å²) in [5.74, 6) is 0.290. The van der Waals surface area contributed by atoms with Gasteiger partial charge in [0.05, 0.1) is 12.3 Å². The zero-order chi connectivity index (χ0) is 13.1. The molecule has 1 rings (SSSR count). The second kappa shape index (κ2) is 5.48. The van der Waals surface area contributed by atoms with Crippen LogP contribution in [0.3, 0.4) is 0 Å². The Morgan fingerprint density at radius 3 is 2.53 bits per heavy atom. The maximum Gasteiger partial charge on any atom is 0.389 e. The van der Waals surface area contributed by atoms with Gasteiger partial charge in [-0.15, -0.1) is 0 Å². The van der Waals surface area contributed by atoms with Crippen LogP contribution < -0.4 is 5.73 Å². The van der Waals surface area contributed by atoms with E-state index in [0.717, 1.165) is 0 Å². The van der Waals surface area contributed by atoms with Gasteiger partial charge in [-0.1, -0.05) is 12.1 Å². The fourth-order valence-corrected chi connectivity index (χ4v) is 1.54. The summed E-state index contributed by atoms with van der Waals surface area (Å²) in [6.45, 7) is 3.71. The third-order valence-corrected chi connectivity index (χ3v) is 2.51. The van der Waals surface area contributed by atoms with Gasteiger partial charge >= 0.3 is 6.18 Å². The summed E-state index contributed by atoms with van der Waals surface area (Å²) in [6.07, 6.45) is -4.70. The first-order valence-corrected chi connectivity index (χ1v) is 5.48. The lowest BCUT2D eigenvalue weighted by molar-refractivity contribution is -0.134. The summed E-state index contributed by atoms with van der Waals surface area (Å²) < 4.78 is 40.9. The molecule has 17 heavy (non-hydrogen) atoms. The molecule has 0 radical (unpaired) electrons. The van der Waals surface area contributed by atoms with Gasteiger partial charge in [0.1, 0.15) is 0 Å². The van der Waals surface area contributed by atoms with E-state index in [9.17, 15) is 13.2 Å². The molecule has 1 heterocycles. The number of hydrogen-bond acceptors (Lipinski definition) is 4. The van der Waals surface area contributed by atoms with E-state index in [2.05, 4.69) is 10.1 Å². The van der Waals surface area contributed by atoms with Crippen molar-refractivity contribution in [3.8, 4) is 0 Å². The Labute approximate surface area is 97.4 Å². The van der Waals surface area contributed by atoms with Gasteiger partial charge in [-0.2, -0.15) is 18.2 Å². The van der Waals surface area contributed by atoms with Crippen LogP contribution in [0, 0.1) is 0 Å². The molecule has 7 heteroatoms. The predicted octanol–water partition coefficient (Wildman–Crippen LogP) is 2.41. The van der Waals surface area contributed by atoms with E-state index in [0.29, 0.717) is 12.3 Å². The third kappa shape index (κ3) is 4.33. The molecule has 2 unspecified atom stereocenters. The van der Waals surface area contributed by atoms with Crippen molar-refractivity contribution in [2.75, 3.05) is 0 Å². The van der Waals surface area contributed by atoms with Crippen molar-refractivity contribution >= 4 is 0 Å². The van der Waals surface area contributed by atoms with Crippen molar-refractivity contribution in [3.05, 3.63) is 11.7 Å². The lowest BCUT2D eigenvalue weighted by atomic mass is 9.99. The number of aromatic nitrogens is 2. The largest absolute Gasteiger partial charge is 0.389 e. The normalized spacial score (nSPS) is 15.9. The zero-order valence-corrected chi connectivity index (χ0v) is 9.79. The molecular weight excluding hydrogens is 235 g/mol. The van der Waals surface area contributed by atoms with Crippen LogP contribution in [0.2, 0.25) is 0 Å². The van der Waals surface area contributed by atoms with Crippen molar-refractivity contribution < 1.29 is 17.7 Å². The van der Waals surface area contributed by atoms with Gasteiger partial charge in [-0.25, -0.2) is 0 Å². The number of nitrogens with two attached hydrogens (primary N) is 1. The first kappa shape index (κ1) is 14.0. The van der Waals surface area contributed by atoms with E-state index in [-0.39, 0.29) is 24.2 Å². The van der Waals surface area contributed by atoms with Crippen molar-refractivity contribution in [1.82, 2.24) is 10.1 Å². The molecule has 0 amide bonds. The second-order valence-corrected chi connectivity index (χ2v) is 4.04. The Kier molecular flexibility index (Phi) is 4.50. The van der Waals surface area contributed by atoms with Gasteiger partial charge < -0.3 is 10.3 Å². The van der Waals surface area contributed by atoms with E-state index < -0.39 is 12.6 Å². The average molecular weight is 251 g/mol. The smallest absolute Gasteiger partial charge is 0.339 e. The Morgan fingerprint density at radius 1 is 1.41 bits per heavy atom. The van der Waals surface area contributed by atoms with Crippen LogP contribution in [0.15, 0.2) is 4.52 Å². The molecule has 0 saturated carbocycles. The van der Waals surface area contributed by atoms with Gasteiger partial charge in [0.2, 0.25) is 5.89 Å². The van der Waals surface area contributed by atoms with E-state index in [1.807, 2.05) is 6.92 Å². The Balaban J connectivity index is 2.64. The van der Waals surface area contributed by atoms with Crippen LogP contribution in [0.25, 0.3) is 0 Å². The fraction of sp³-hybridized carbons (Fsp3) is 0.800. The molecule has 0 saturated heterocycles. The minimum Gasteiger partial charge on any atom is -0.339 e. The number of nitrogens with zero attached hydrogens (tertiary/aromatic N) is 2. The van der Waals surface area contributed by atoms with Crippen LogP contribution in [0.5, 0.6) is 0 Å². The predicted molar refractivity (Wildman–Crippen MR) is 55.4 cm³/mol. The van der Waals surface area contributed by atoms with Crippen LogP contribution in [-0.4, -0.2) is 22.4 Å². The molecule has 2 N–H and O–H groups in total. The van der Waals surface area contributed by atoms with Crippen molar-refractivity contribution in [1.29, 1.82) is 0 Å². The molecule has 1 aromatic rings. The number of halogens is 3. The van der Waals surface area contributed by atoms with Gasteiger partial charge in [-0.05, 0) is 13.3 Å². The SMILES string of the molecule is CCC(c1nc(CCC(F)(F)F)no1)C(C)N. The quantitative estimate of drug-likeness (QED) is 0.872. The molecule has 0 spiro atoms. The van der Waals surface area contributed by atoms with Gasteiger partial charge in [0.15, 0.2) is 5.82 Å². The molecule has 0 aliphatic carbocycles. The highest BCUT2D eigenvalue weighted by Gasteiger charge is 2.28. The Morgan fingerprint density at radius 2 is 2.06 bits per heavy atom. The molecule has 0 bridgehead atoms. The number of rotatable bonds is 5. The highest BCUT2D eigenvalue weighted by Crippen LogP contribution is 2.23. The minimum absolute atomic E-state index is 0.0800. The summed E-state index contributed by atoms with van der Waals surface area (Å²) >= 11 is 0. The number of aryl methyl sites for hydroxylation is 1. The lowest BCUT2D eigenvalue weighted by Gasteiger charge is -2.13. The van der Waals surface area contributed by atoms with Crippen molar-refractivity contribution in [3.63, 3.8) is 0 Å². The van der Waals surface area contributed by atoms with Crippen LogP contribution in [-0.2, 0) is 6.42 Å². The molecule has 0 aliphatic heterocycles. The standard InChI is InChI=1S/C10H16F3N3O/c1-3-7(6(2)14)9-15-8(16-17-9)4-5-10(11,12)13/h6-7H,3-5,14H2,1-2H3. The monoisotopic (exact) mass is 251 g/mol. The second-order valence-electron chi connectivity index (χ2n) is 4.04. The third-order valence-electron chi connectivity index (χ3n) is 2.51. The molecular formula is C10H16F3N3O. The number of alkyl halides is 3. The van der Waals surface area contributed by atoms with Crippen LogP contribution in [0.1, 0.15) is 44.3 Å². The first-order valence-electron chi connectivity index (χ1n) is 5.48. The molecule has 0 aliphatic rings. The summed E-state index contributed by atoms with van der Waals surface area (Å²) in [4.78, 5) is 3.95. The van der Waals surface area contributed by atoms with Crippen molar-refractivity contribution in [2.45, 2.75) is 51.2 Å². The number of hydrogen-bond donors (Lipinski definition) is 1. The summed E-state index contributed by atoms with van der Waals surface area (Å²) in [5, 5.41) is 3.53. The maximum atomic E-state index is 12.0. The molecule has 0 fully saturated rings. The fourth-order valence-electron chi connectivity index (χ4n) is 1.54. The highest BCUT2D eigenvalue weighted by molar-refractivity contribution is 4.97. The topological polar surface area (TPSA) is 64.9 Å². The molecule has 4 nitrogen and oxygen atoms in total.